The first-order valence-electron chi connectivity index (χ1n) is 5.76. The molecule has 0 heterocycles. The van der Waals surface area contributed by atoms with Crippen molar-refractivity contribution in [1.29, 1.82) is 0 Å². The van der Waals surface area contributed by atoms with Crippen LogP contribution in [0.15, 0.2) is 28.7 Å². The Labute approximate surface area is 112 Å². The number of thioether (sulfide) groups is 1. The molecule has 16 heavy (non-hydrogen) atoms. The molecule has 1 atom stereocenters. The zero-order valence-corrected chi connectivity index (χ0v) is 12.4. The minimum Gasteiger partial charge on any atom is -0.316 e. The molecule has 0 amide bonds. The van der Waals surface area contributed by atoms with Crippen LogP contribution in [-0.2, 0) is 6.42 Å². The number of nitrogens with one attached hydrogen (secondary N) is 1. The molecule has 0 fully saturated rings. The van der Waals surface area contributed by atoms with Crippen molar-refractivity contribution in [3.8, 4) is 0 Å². The van der Waals surface area contributed by atoms with Crippen molar-refractivity contribution in [2.45, 2.75) is 25.8 Å². The minimum absolute atomic E-state index is 0.565. The van der Waals surface area contributed by atoms with E-state index in [1.807, 2.05) is 18.8 Å². The molecular weight excluding hydrogens is 282 g/mol. The largest absolute Gasteiger partial charge is 0.316 e. The molecule has 0 aromatic heterocycles. The minimum atomic E-state index is 0.565. The second-order valence-corrected chi connectivity index (χ2v) is 5.86. The Balaban J connectivity index is 2.46. The summed E-state index contributed by atoms with van der Waals surface area (Å²) < 4.78 is 1.22. The number of hydrogen-bond acceptors (Lipinski definition) is 2. The Morgan fingerprint density at radius 2 is 2.12 bits per heavy atom. The van der Waals surface area contributed by atoms with E-state index in [9.17, 15) is 0 Å². The van der Waals surface area contributed by atoms with Gasteiger partial charge in [0.15, 0.2) is 0 Å². The molecule has 3 heteroatoms. The summed E-state index contributed by atoms with van der Waals surface area (Å²) in [5.74, 6) is 2.44. The van der Waals surface area contributed by atoms with Crippen molar-refractivity contribution in [3.63, 3.8) is 0 Å². The summed E-state index contributed by atoms with van der Waals surface area (Å²) in [4.78, 5) is 0. The molecule has 0 saturated heterocycles. The fraction of sp³-hybridized carbons (Fsp3) is 0.538. The van der Waals surface area contributed by atoms with Crippen LogP contribution < -0.4 is 5.32 Å². The van der Waals surface area contributed by atoms with Crippen LogP contribution in [0.3, 0.4) is 0 Å². The number of benzene rings is 1. The topological polar surface area (TPSA) is 12.0 Å². The lowest BCUT2D eigenvalue weighted by atomic mass is 10.1. The summed E-state index contributed by atoms with van der Waals surface area (Å²) in [5, 5.41) is 3.39. The van der Waals surface area contributed by atoms with E-state index < -0.39 is 0 Å². The Bertz CT molecular complexity index is 304. The average Bonchev–Trinajstić information content (AvgIpc) is 2.30. The monoisotopic (exact) mass is 301 g/mol. The molecule has 0 aliphatic heterocycles. The highest BCUT2D eigenvalue weighted by molar-refractivity contribution is 9.10. The first-order chi connectivity index (χ1) is 7.77. The molecule has 0 aliphatic carbocycles. The van der Waals surface area contributed by atoms with Gasteiger partial charge in [-0.05, 0) is 37.3 Å². The summed E-state index contributed by atoms with van der Waals surface area (Å²) in [7, 11) is 2.05. The SMILES string of the molecule is CCCSCC(Cc1ccccc1Br)NC. The molecule has 1 aromatic carbocycles. The van der Waals surface area contributed by atoms with E-state index in [1.165, 1.54) is 28.0 Å². The van der Waals surface area contributed by atoms with E-state index in [0.717, 1.165) is 6.42 Å². The van der Waals surface area contributed by atoms with Crippen molar-refractivity contribution in [2.24, 2.45) is 0 Å². The second kappa shape index (κ2) is 8.15. The smallest absolute Gasteiger partial charge is 0.0207 e. The highest BCUT2D eigenvalue weighted by atomic mass is 79.9. The van der Waals surface area contributed by atoms with Crippen molar-refractivity contribution in [3.05, 3.63) is 34.3 Å². The van der Waals surface area contributed by atoms with Crippen molar-refractivity contribution < 1.29 is 0 Å². The third kappa shape index (κ3) is 4.89. The van der Waals surface area contributed by atoms with Gasteiger partial charge < -0.3 is 5.32 Å². The van der Waals surface area contributed by atoms with Crippen molar-refractivity contribution in [2.75, 3.05) is 18.6 Å². The summed E-state index contributed by atoms with van der Waals surface area (Å²) in [5.41, 5.74) is 1.39. The molecule has 1 nitrogen and oxygen atoms in total. The van der Waals surface area contributed by atoms with Gasteiger partial charge in [0.25, 0.3) is 0 Å². The lowest BCUT2D eigenvalue weighted by Gasteiger charge is -2.16. The van der Waals surface area contributed by atoms with Crippen LogP contribution in [0.2, 0.25) is 0 Å². The van der Waals surface area contributed by atoms with Gasteiger partial charge in [-0.25, -0.2) is 0 Å². The molecule has 1 rings (SSSR count). The first-order valence-corrected chi connectivity index (χ1v) is 7.71. The van der Waals surface area contributed by atoms with Crippen LogP contribution in [0.25, 0.3) is 0 Å². The standard InChI is InChI=1S/C13H20BrNS/c1-3-8-16-10-12(15-2)9-11-6-4-5-7-13(11)14/h4-7,12,15H,3,8-10H2,1-2H3. The third-order valence-corrected chi connectivity index (χ3v) is 4.61. The van der Waals surface area contributed by atoms with Gasteiger partial charge >= 0.3 is 0 Å². The second-order valence-electron chi connectivity index (χ2n) is 3.86. The number of likely N-dealkylation sites (N-methyl/N-ethyl adjacent to an activating group) is 1. The van der Waals surface area contributed by atoms with Crippen LogP contribution in [0.4, 0.5) is 0 Å². The van der Waals surface area contributed by atoms with Gasteiger partial charge in [-0.15, -0.1) is 0 Å². The van der Waals surface area contributed by atoms with E-state index in [0.29, 0.717) is 6.04 Å². The zero-order chi connectivity index (χ0) is 11.8. The maximum absolute atomic E-state index is 3.60. The Morgan fingerprint density at radius 1 is 1.38 bits per heavy atom. The van der Waals surface area contributed by atoms with E-state index in [-0.39, 0.29) is 0 Å². The maximum atomic E-state index is 3.60. The molecule has 1 N–H and O–H groups in total. The van der Waals surface area contributed by atoms with E-state index in [2.05, 4.69) is 52.4 Å². The summed E-state index contributed by atoms with van der Waals surface area (Å²) >= 11 is 5.63. The number of hydrogen-bond donors (Lipinski definition) is 1. The van der Waals surface area contributed by atoms with E-state index in [4.69, 9.17) is 0 Å². The summed E-state index contributed by atoms with van der Waals surface area (Å²) in [6.07, 6.45) is 2.35. The maximum Gasteiger partial charge on any atom is 0.0207 e. The lowest BCUT2D eigenvalue weighted by molar-refractivity contribution is 0.616. The Kier molecular flexibility index (Phi) is 7.17. The van der Waals surface area contributed by atoms with Crippen LogP contribution >= 0.6 is 27.7 Å². The molecule has 1 unspecified atom stereocenters. The van der Waals surface area contributed by atoms with Gasteiger partial charge in [0.1, 0.15) is 0 Å². The summed E-state index contributed by atoms with van der Waals surface area (Å²) in [6.45, 7) is 2.23. The van der Waals surface area contributed by atoms with Gasteiger partial charge in [-0.2, -0.15) is 11.8 Å². The highest BCUT2D eigenvalue weighted by Gasteiger charge is 2.08. The molecule has 0 aliphatic rings. The van der Waals surface area contributed by atoms with Gasteiger partial charge in [0.05, 0.1) is 0 Å². The van der Waals surface area contributed by atoms with Crippen molar-refractivity contribution in [1.82, 2.24) is 5.32 Å². The molecule has 0 radical (unpaired) electrons. The Morgan fingerprint density at radius 3 is 2.75 bits per heavy atom. The zero-order valence-electron chi connectivity index (χ0n) is 10.0. The average molecular weight is 302 g/mol. The van der Waals surface area contributed by atoms with E-state index in [1.54, 1.807) is 0 Å². The van der Waals surface area contributed by atoms with Crippen LogP contribution in [0.5, 0.6) is 0 Å². The molecule has 0 saturated carbocycles. The molecule has 1 aromatic rings. The predicted octanol–water partition coefficient (Wildman–Crippen LogP) is 3.72. The lowest BCUT2D eigenvalue weighted by Crippen LogP contribution is -2.30. The third-order valence-electron chi connectivity index (χ3n) is 2.50. The fourth-order valence-corrected chi connectivity index (χ4v) is 3.01. The van der Waals surface area contributed by atoms with Crippen molar-refractivity contribution >= 4 is 27.7 Å². The molecule has 0 spiro atoms. The first kappa shape index (κ1) is 14.1. The number of rotatable bonds is 7. The fourth-order valence-electron chi connectivity index (χ4n) is 1.54. The predicted molar refractivity (Wildman–Crippen MR) is 78.3 cm³/mol. The van der Waals surface area contributed by atoms with Gasteiger partial charge in [-0.3, -0.25) is 0 Å². The Hall–Kier alpha value is 0.01000. The normalized spacial score (nSPS) is 12.7. The summed E-state index contributed by atoms with van der Waals surface area (Å²) in [6, 6.07) is 9.04. The quantitative estimate of drug-likeness (QED) is 0.770. The van der Waals surface area contributed by atoms with Gasteiger partial charge in [-0.1, -0.05) is 41.1 Å². The highest BCUT2D eigenvalue weighted by Crippen LogP contribution is 2.18. The molecule has 90 valence electrons. The molecular formula is C13H20BrNS. The van der Waals surface area contributed by atoms with Gasteiger partial charge in [0, 0.05) is 16.3 Å². The van der Waals surface area contributed by atoms with Crippen LogP contribution in [0, 0.1) is 0 Å². The van der Waals surface area contributed by atoms with Crippen LogP contribution in [-0.4, -0.2) is 24.6 Å². The van der Waals surface area contributed by atoms with Crippen LogP contribution in [0.1, 0.15) is 18.9 Å². The van der Waals surface area contributed by atoms with Gasteiger partial charge in [0.2, 0.25) is 0 Å². The van der Waals surface area contributed by atoms with E-state index >= 15 is 0 Å². The molecule has 0 bridgehead atoms. The number of halogens is 1.